The zero-order valence-electron chi connectivity index (χ0n) is 19.0. The molecule has 0 saturated carbocycles. The van der Waals surface area contributed by atoms with Crippen LogP contribution in [0.1, 0.15) is 23.2 Å². The maximum Gasteiger partial charge on any atom is 0.260 e. The van der Waals surface area contributed by atoms with Gasteiger partial charge in [0.05, 0.1) is 15.3 Å². The molecule has 11 heteroatoms. The van der Waals surface area contributed by atoms with Gasteiger partial charge in [0.2, 0.25) is 11.8 Å². The van der Waals surface area contributed by atoms with Gasteiger partial charge in [0.15, 0.2) is 15.0 Å². The Labute approximate surface area is 201 Å². The SMILES string of the molecule is CN(C)CCN(C(=O)c1cccc(N2C(=O)CCC2=O)c1)c1nc2c(S(C)(=O)=O)cccc2s1. The molecule has 0 radical (unpaired) electrons. The summed E-state index contributed by atoms with van der Waals surface area (Å²) in [7, 11) is 0.263. The Hall–Kier alpha value is -3.15. The first kappa shape index (κ1) is 24.0. The Kier molecular flexibility index (Phi) is 6.52. The third-order valence-corrected chi connectivity index (χ3v) is 7.59. The average Bonchev–Trinajstić information content (AvgIpc) is 3.35. The Morgan fingerprint density at radius 2 is 1.74 bits per heavy atom. The Morgan fingerprint density at radius 1 is 1.06 bits per heavy atom. The second-order valence-corrected chi connectivity index (χ2v) is 11.3. The largest absolute Gasteiger partial charge is 0.308 e. The van der Waals surface area contributed by atoms with E-state index in [1.807, 2.05) is 19.0 Å². The van der Waals surface area contributed by atoms with Gasteiger partial charge in [0, 0.05) is 37.8 Å². The summed E-state index contributed by atoms with van der Waals surface area (Å²) >= 11 is 1.23. The summed E-state index contributed by atoms with van der Waals surface area (Å²) in [6.45, 7) is 0.856. The summed E-state index contributed by atoms with van der Waals surface area (Å²) in [5.74, 6) is -0.945. The number of likely N-dealkylation sites (N-methyl/N-ethyl adjacent to an activating group) is 1. The van der Waals surface area contributed by atoms with Crippen molar-refractivity contribution in [3.63, 3.8) is 0 Å². The second kappa shape index (κ2) is 9.24. The molecule has 0 spiro atoms. The van der Waals surface area contributed by atoms with Crippen LogP contribution in [0.15, 0.2) is 47.4 Å². The predicted octanol–water partition coefficient (Wildman–Crippen LogP) is 2.56. The van der Waals surface area contributed by atoms with Crippen molar-refractivity contribution < 1.29 is 22.8 Å². The topological polar surface area (TPSA) is 108 Å². The second-order valence-electron chi connectivity index (χ2n) is 8.30. The zero-order valence-corrected chi connectivity index (χ0v) is 20.6. The number of carbonyl (C=O) groups excluding carboxylic acids is 3. The average molecular weight is 501 g/mol. The van der Waals surface area contributed by atoms with Gasteiger partial charge in [-0.1, -0.05) is 23.5 Å². The molecule has 1 aliphatic rings. The van der Waals surface area contributed by atoms with E-state index < -0.39 is 9.84 Å². The molecule has 1 aliphatic heterocycles. The van der Waals surface area contributed by atoms with Gasteiger partial charge < -0.3 is 4.90 Å². The molecule has 0 atom stereocenters. The minimum Gasteiger partial charge on any atom is -0.308 e. The number of benzene rings is 2. The molecule has 1 aromatic heterocycles. The highest BCUT2D eigenvalue weighted by atomic mass is 32.2. The molecule has 0 bridgehead atoms. The van der Waals surface area contributed by atoms with Gasteiger partial charge in [-0.3, -0.25) is 24.2 Å². The van der Waals surface area contributed by atoms with Crippen LogP contribution >= 0.6 is 11.3 Å². The fourth-order valence-corrected chi connectivity index (χ4v) is 5.62. The van der Waals surface area contributed by atoms with Gasteiger partial charge in [0.25, 0.3) is 5.91 Å². The van der Waals surface area contributed by atoms with Gasteiger partial charge in [-0.15, -0.1) is 0 Å². The number of imide groups is 1. The van der Waals surface area contributed by atoms with Crippen LogP contribution in [0, 0.1) is 0 Å². The highest BCUT2D eigenvalue weighted by Crippen LogP contribution is 2.33. The third kappa shape index (κ3) is 4.72. The van der Waals surface area contributed by atoms with E-state index >= 15 is 0 Å². The van der Waals surface area contributed by atoms with Crippen LogP contribution in [0.2, 0.25) is 0 Å². The van der Waals surface area contributed by atoms with Gasteiger partial charge in [-0.05, 0) is 44.4 Å². The molecule has 0 unspecified atom stereocenters. The number of rotatable bonds is 7. The van der Waals surface area contributed by atoms with E-state index in [-0.39, 0.29) is 35.5 Å². The van der Waals surface area contributed by atoms with E-state index in [2.05, 4.69) is 4.98 Å². The number of carbonyl (C=O) groups is 3. The summed E-state index contributed by atoms with van der Waals surface area (Å²) in [5.41, 5.74) is 0.982. The quantitative estimate of drug-likeness (QED) is 0.459. The highest BCUT2D eigenvalue weighted by molar-refractivity contribution is 7.91. The maximum absolute atomic E-state index is 13.6. The molecule has 4 rings (SSSR count). The minimum absolute atomic E-state index is 0.112. The lowest BCUT2D eigenvalue weighted by Gasteiger charge is -2.23. The number of aromatic nitrogens is 1. The molecule has 2 aromatic carbocycles. The normalized spacial score (nSPS) is 14.4. The van der Waals surface area contributed by atoms with E-state index in [4.69, 9.17) is 0 Å². The van der Waals surface area contributed by atoms with Crippen molar-refractivity contribution in [1.82, 2.24) is 9.88 Å². The molecule has 3 aromatic rings. The maximum atomic E-state index is 13.6. The summed E-state index contributed by atoms with van der Waals surface area (Å²) in [4.78, 5) is 47.1. The molecule has 1 saturated heterocycles. The summed E-state index contributed by atoms with van der Waals surface area (Å²) in [5, 5.41) is 0.372. The Morgan fingerprint density at radius 3 is 2.38 bits per heavy atom. The van der Waals surface area contributed by atoms with Crippen molar-refractivity contribution in [2.75, 3.05) is 43.2 Å². The van der Waals surface area contributed by atoms with Crippen LogP contribution in [-0.4, -0.2) is 69.5 Å². The van der Waals surface area contributed by atoms with Crippen LogP contribution in [-0.2, 0) is 19.4 Å². The molecule has 34 heavy (non-hydrogen) atoms. The van der Waals surface area contributed by atoms with E-state index in [0.717, 1.165) is 11.2 Å². The molecule has 2 heterocycles. The van der Waals surface area contributed by atoms with Gasteiger partial charge >= 0.3 is 0 Å². The number of hydrogen-bond acceptors (Lipinski definition) is 8. The van der Waals surface area contributed by atoms with E-state index in [0.29, 0.717) is 39.7 Å². The van der Waals surface area contributed by atoms with Crippen molar-refractivity contribution >= 4 is 59.9 Å². The number of nitrogens with zero attached hydrogens (tertiary/aromatic N) is 4. The van der Waals surface area contributed by atoms with Crippen LogP contribution in [0.25, 0.3) is 10.2 Å². The van der Waals surface area contributed by atoms with Gasteiger partial charge in [0.1, 0.15) is 5.52 Å². The summed E-state index contributed by atoms with van der Waals surface area (Å²) < 4.78 is 25.1. The van der Waals surface area contributed by atoms with Crippen molar-refractivity contribution in [2.24, 2.45) is 0 Å². The Balaban J connectivity index is 1.75. The van der Waals surface area contributed by atoms with Gasteiger partial charge in [-0.25, -0.2) is 13.4 Å². The third-order valence-electron chi connectivity index (χ3n) is 5.42. The molecule has 3 amide bonds. The number of amides is 3. The van der Waals surface area contributed by atoms with Crippen LogP contribution in [0.4, 0.5) is 10.8 Å². The van der Waals surface area contributed by atoms with Crippen molar-refractivity contribution in [3.05, 3.63) is 48.0 Å². The number of hydrogen-bond donors (Lipinski definition) is 0. The smallest absolute Gasteiger partial charge is 0.260 e. The summed E-state index contributed by atoms with van der Waals surface area (Å²) in [6.07, 6.45) is 1.43. The molecule has 0 aliphatic carbocycles. The van der Waals surface area contributed by atoms with Crippen LogP contribution in [0.5, 0.6) is 0 Å². The molecule has 0 N–H and O–H groups in total. The lowest BCUT2D eigenvalue weighted by atomic mass is 10.1. The lowest BCUT2D eigenvalue weighted by Crippen LogP contribution is -2.37. The van der Waals surface area contributed by atoms with E-state index in [1.54, 1.807) is 30.3 Å². The monoisotopic (exact) mass is 500 g/mol. The van der Waals surface area contributed by atoms with Crippen molar-refractivity contribution in [2.45, 2.75) is 17.7 Å². The zero-order chi connectivity index (χ0) is 24.6. The standard InChI is InChI=1S/C23H24N4O5S2/c1-25(2)12-13-26(23-24-21-17(33-23)8-5-9-18(21)34(3,31)32)22(30)15-6-4-7-16(14-15)27-19(28)10-11-20(27)29/h4-9,14H,10-13H2,1-3H3. The number of thiazole rings is 1. The molecule has 9 nitrogen and oxygen atoms in total. The molecular weight excluding hydrogens is 476 g/mol. The fourth-order valence-electron chi connectivity index (χ4n) is 3.71. The van der Waals surface area contributed by atoms with E-state index in [9.17, 15) is 22.8 Å². The lowest BCUT2D eigenvalue weighted by molar-refractivity contribution is -0.121. The minimum atomic E-state index is -3.50. The molecule has 178 valence electrons. The predicted molar refractivity (Wildman–Crippen MR) is 131 cm³/mol. The summed E-state index contributed by atoms with van der Waals surface area (Å²) in [6, 6.07) is 11.3. The number of sulfone groups is 1. The molecular formula is C23H24N4O5S2. The number of fused-ring (bicyclic) bond motifs is 1. The van der Waals surface area contributed by atoms with Gasteiger partial charge in [-0.2, -0.15) is 0 Å². The first-order valence-corrected chi connectivity index (χ1v) is 13.3. The number of para-hydroxylation sites is 1. The first-order chi connectivity index (χ1) is 16.1. The highest BCUT2D eigenvalue weighted by Gasteiger charge is 2.31. The first-order valence-electron chi connectivity index (χ1n) is 10.6. The fraction of sp³-hybridized carbons (Fsp3) is 0.304. The van der Waals surface area contributed by atoms with Crippen molar-refractivity contribution in [3.8, 4) is 0 Å². The van der Waals surface area contributed by atoms with Crippen LogP contribution < -0.4 is 9.80 Å². The van der Waals surface area contributed by atoms with E-state index in [1.165, 1.54) is 28.4 Å². The molecule has 1 fully saturated rings. The number of anilines is 2. The Bertz CT molecular complexity index is 1380. The van der Waals surface area contributed by atoms with Crippen molar-refractivity contribution in [1.29, 1.82) is 0 Å². The van der Waals surface area contributed by atoms with Crippen LogP contribution in [0.3, 0.4) is 0 Å².